The minimum Gasteiger partial charge on any atom is -0.391 e. The van der Waals surface area contributed by atoms with Crippen LogP contribution in [0.1, 0.15) is 37.6 Å². The molecule has 0 unspecified atom stereocenters. The molecule has 4 nitrogen and oxygen atoms in total. The van der Waals surface area contributed by atoms with Crippen LogP contribution < -0.4 is 4.90 Å². The molecule has 1 aliphatic rings. The van der Waals surface area contributed by atoms with Crippen molar-refractivity contribution in [2.24, 2.45) is 0 Å². The summed E-state index contributed by atoms with van der Waals surface area (Å²) in [6, 6.07) is 2.03. The molecule has 0 aromatic carbocycles. The van der Waals surface area contributed by atoms with Gasteiger partial charge in [0.25, 0.3) is 0 Å². The van der Waals surface area contributed by atoms with Gasteiger partial charge < -0.3 is 10.0 Å². The Hall–Kier alpha value is -1.16. The van der Waals surface area contributed by atoms with E-state index in [2.05, 4.69) is 28.7 Å². The van der Waals surface area contributed by atoms with Gasteiger partial charge in [0.15, 0.2) is 0 Å². The van der Waals surface area contributed by atoms with E-state index in [0.717, 1.165) is 30.3 Å². The number of anilines is 1. The lowest BCUT2D eigenvalue weighted by Gasteiger charge is -2.17. The highest BCUT2D eigenvalue weighted by Crippen LogP contribution is 2.20. The van der Waals surface area contributed by atoms with Gasteiger partial charge in [-0.05, 0) is 25.3 Å². The number of aliphatic hydroxyl groups is 1. The second-order valence-electron chi connectivity index (χ2n) is 4.78. The molecule has 1 N–H and O–H groups in total. The van der Waals surface area contributed by atoms with E-state index in [1.807, 2.05) is 13.0 Å². The maximum Gasteiger partial charge on any atom is 0.225 e. The van der Waals surface area contributed by atoms with Gasteiger partial charge in [-0.15, -0.1) is 0 Å². The van der Waals surface area contributed by atoms with Crippen molar-refractivity contribution < 1.29 is 5.11 Å². The lowest BCUT2D eigenvalue weighted by Crippen LogP contribution is -2.24. The molecule has 1 aliphatic heterocycles. The average molecular weight is 221 g/mol. The number of aryl methyl sites for hydroxylation is 1. The fraction of sp³-hybridized carbons (Fsp3) is 0.667. The fourth-order valence-electron chi connectivity index (χ4n) is 1.94. The summed E-state index contributed by atoms with van der Waals surface area (Å²) in [4.78, 5) is 11.0. The Balaban J connectivity index is 2.27. The normalized spacial score (nSPS) is 20.8. The molecule has 4 heteroatoms. The molecular weight excluding hydrogens is 202 g/mol. The number of hydrogen-bond donors (Lipinski definition) is 1. The molecule has 0 bridgehead atoms. The molecule has 0 spiro atoms. The van der Waals surface area contributed by atoms with Crippen LogP contribution in [0.15, 0.2) is 6.07 Å². The quantitative estimate of drug-likeness (QED) is 0.821. The second kappa shape index (κ2) is 4.37. The van der Waals surface area contributed by atoms with Crippen LogP contribution in [0.2, 0.25) is 0 Å². The van der Waals surface area contributed by atoms with Crippen molar-refractivity contribution in [3.05, 3.63) is 17.5 Å². The minimum atomic E-state index is -0.230. The molecule has 1 fully saturated rings. The van der Waals surface area contributed by atoms with Crippen LogP contribution in [0.25, 0.3) is 0 Å². The first-order valence-corrected chi connectivity index (χ1v) is 5.85. The van der Waals surface area contributed by atoms with E-state index in [4.69, 9.17) is 0 Å². The molecule has 0 aliphatic carbocycles. The molecule has 16 heavy (non-hydrogen) atoms. The van der Waals surface area contributed by atoms with E-state index in [1.165, 1.54) is 0 Å². The van der Waals surface area contributed by atoms with Crippen LogP contribution in [0.5, 0.6) is 0 Å². The summed E-state index contributed by atoms with van der Waals surface area (Å²) in [6.45, 7) is 7.75. The average Bonchev–Trinajstić information content (AvgIpc) is 2.64. The maximum absolute atomic E-state index is 9.51. The van der Waals surface area contributed by atoms with E-state index < -0.39 is 0 Å². The van der Waals surface area contributed by atoms with Gasteiger partial charge in [0.1, 0.15) is 0 Å². The Morgan fingerprint density at radius 1 is 1.44 bits per heavy atom. The predicted octanol–water partition coefficient (Wildman–Crippen LogP) is 1.48. The van der Waals surface area contributed by atoms with Gasteiger partial charge in [-0.3, -0.25) is 0 Å². The minimum absolute atomic E-state index is 0.230. The van der Waals surface area contributed by atoms with Gasteiger partial charge in [0, 0.05) is 24.5 Å². The summed E-state index contributed by atoms with van der Waals surface area (Å²) < 4.78 is 0. The number of hydrogen-bond acceptors (Lipinski definition) is 4. The largest absolute Gasteiger partial charge is 0.391 e. The Bertz CT molecular complexity index is 379. The highest BCUT2D eigenvalue weighted by Gasteiger charge is 2.22. The zero-order valence-electron chi connectivity index (χ0n) is 10.1. The van der Waals surface area contributed by atoms with Gasteiger partial charge in [-0.1, -0.05) is 13.8 Å². The first-order valence-electron chi connectivity index (χ1n) is 5.85. The molecule has 1 aromatic heterocycles. The summed E-state index contributed by atoms with van der Waals surface area (Å²) >= 11 is 0. The second-order valence-corrected chi connectivity index (χ2v) is 4.78. The summed E-state index contributed by atoms with van der Waals surface area (Å²) in [5, 5.41) is 9.51. The van der Waals surface area contributed by atoms with Crippen molar-refractivity contribution in [2.75, 3.05) is 18.0 Å². The number of aliphatic hydroxyl groups excluding tert-OH is 1. The Labute approximate surface area is 96.3 Å². The predicted molar refractivity (Wildman–Crippen MR) is 63.7 cm³/mol. The smallest absolute Gasteiger partial charge is 0.225 e. The highest BCUT2D eigenvalue weighted by molar-refractivity contribution is 5.34. The van der Waals surface area contributed by atoms with E-state index in [1.54, 1.807) is 0 Å². The maximum atomic E-state index is 9.51. The highest BCUT2D eigenvalue weighted by atomic mass is 16.3. The monoisotopic (exact) mass is 221 g/mol. The standard InChI is InChI=1S/C12H19N3O/c1-8(2)11-6-9(3)13-12(14-11)15-5-4-10(16)7-15/h6,8,10,16H,4-5,7H2,1-3H3/t10-/m0/s1. The van der Waals surface area contributed by atoms with Crippen molar-refractivity contribution in [1.82, 2.24) is 9.97 Å². The summed E-state index contributed by atoms with van der Waals surface area (Å²) in [5.74, 6) is 1.17. The summed E-state index contributed by atoms with van der Waals surface area (Å²) in [5.41, 5.74) is 2.07. The van der Waals surface area contributed by atoms with Crippen molar-refractivity contribution in [2.45, 2.75) is 39.2 Å². The molecule has 1 saturated heterocycles. The number of rotatable bonds is 2. The van der Waals surface area contributed by atoms with Crippen molar-refractivity contribution in [3.8, 4) is 0 Å². The molecule has 2 rings (SSSR count). The fourth-order valence-corrected chi connectivity index (χ4v) is 1.94. The molecule has 88 valence electrons. The summed E-state index contributed by atoms with van der Waals surface area (Å²) in [7, 11) is 0. The van der Waals surface area contributed by atoms with Gasteiger partial charge >= 0.3 is 0 Å². The molecule has 0 radical (unpaired) electrons. The molecule has 1 atom stereocenters. The Kier molecular flexibility index (Phi) is 3.10. The first kappa shape index (κ1) is 11.3. The van der Waals surface area contributed by atoms with Crippen LogP contribution in [0.4, 0.5) is 5.95 Å². The number of aromatic nitrogens is 2. The van der Waals surface area contributed by atoms with Gasteiger partial charge in [0.2, 0.25) is 5.95 Å². The van der Waals surface area contributed by atoms with Crippen LogP contribution in [0, 0.1) is 6.92 Å². The molecule has 2 heterocycles. The topological polar surface area (TPSA) is 49.2 Å². The van der Waals surface area contributed by atoms with Crippen LogP contribution >= 0.6 is 0 Å². The zero-order chi connectivity index (χ0) is 11.7. The molecule has 0 amide bonds. The third-order valence-electron chi connectivity index (χ3n) is 2.90. The van der Waals surface area contributed by atoms with Crippen molar-refractivity contribution >= 4 is 5.95 Å². The summed E-state index contributed by atoms with van der Waals surface area (Å²) in [6.07, 6.45) is 0.584. The lowest BCUT2D eigenvalue weighted by molar-refractivity contribution is 0.198. The van der Waals surface area contributed by atoms with E-state index in [0.29, 0.717) is 12.5 Å². The van der Waals surface area contributed by atoms with Crippen LogP contribution in [-0.2, 0) is 0 Å². The SMILES string of the molecule is Cc1cc(C(C)C)nc(N2CC[C@H](O)C2)n1. The van der Waals surface area contributed by atoms with E-state index in [9.17, 15) is 5.11 Å². The van der Waals surface area contributed by atoms with Crippen molar-refractivity contribution in [3.63, 3.8) is 0 Å². The Morgan fingerprint density at radius 2 is 2.19 bits per heavy atom. The number of β-amino-alcohol motifs (C(OH)–C–C–N with tert-alkyl or cyclic N) is 1. The zero-order valence-corrected chi connectivity index (χ0v) is 10.1. The molecule has 0 saturated carbocycles. The number of nitrogens with zero attached hydrogens (tertiary/aromatic N) is 3. The van der Waals surface area contributed by atoms with Gasteiger partial charge in [-0.2, -0.15) is 0 Å². The van der Waals surface area contributed by atoms with Crippen molar-refractivity contribution in [1.29, 1.82) is 0 Å². The molecule has 1 aromatic rings. The van der Waals surface area contributed by atoms with E-state index >= 15 is 0 Å². The lowest BCUT2D eigenvalue weighted by atomic mass is 10.1. The first-order chi connectivity index (χ1) is 7.56. The van der Waals surface area contributed by atoms with Gasteiger partial charge in [0.05, 0.1) is 6.10 Å². The van der Waals surface area contributed by atoms with Crippen LogP contribution in [0.3, 0.4) is 0 Å². The van der Waals surface area contributed by atoms with Crippen LogP contribution in [-0.4, -0.2) is 34.3 Å². The third kappa shape index (κ3) is 2.32. The van der Waals surface area contributed by atoms with E-state index in [-0.39, 0.29) is 6.10 Å². The Morgan fingerprint density at radius 3 is 2.75 bits per heavy atom. The molecular formula is C12H19N3O. The third-order valence-corrected chi connectivity index (χ3v) is 2.90. The van der Waals surface area contributed by atoms with Gasteiger partial charge in [-0.25, -0.2) is 9.97 Å².